The minimum absolute atomic E-state index is 0.0539. The highest BCUT2D eigenvalue weighted by molar-refractivity contribution is 9.10. The third-order valence-corrected chi connectivity index (χ3v) is 3.93. The van der Waals surface area contributed by atoms with Gasteiger partial charge in [-0.25, -0.2) is 9.37 Å². The highest BCUT2D eigenvalue weighted by Gasteiger charge is 2.33. The Kier molecular flexibility index (Phi) is 4.01. The zero-order valence-corrected chi connectivity index (χ0v) is 12.9. The standard InChI is InChI=1S/C16H14BrFN2O/c17-15-7-4-12(9-19-15)16(21)20(14-5-6-14)10-11-2-1-3-13(18)8-11/h1-4,7-9,14H,5-6,10H2. The zero-order valence-electron chi connectivity index (χ0n) is 11.3. The van der Waals surface area contributed by atoms with E-state index in [9.17, 15) is 9.18 Å². The summed E-state index contributed by atoms with van der Waals surface area (Å²) in [6.45, 7) is 0.428. The van der Waals surface area contributed by atoms with Gasteiger partial charge in [-0.15, -0.1) is 0 Å². The number of nitrogens with zero attached hydrogens (tertiary/aromatic N) is 2. The molecule has 0 spiro atoms. The monoisotopic (exact) mass is 348 g/mol. The van der Waals surface area contributed by atoms with Crippen LogP contribution in [-0.2, 0) is 6.54 Å². The van der Waals surface area contributed by atoms with Crippen molar-refractivity contribution in [1.82, 2.24) is 9.88 Å². The molecule has 0 atom stereocenters. The highest BCUT2D eigenvalue weighted by atomic mass is 79.9. The predicted molar refractivity (Wildman–Crippen MR) is 81.2 cm³/mol. The SMILES string of the molecule is O=C(c1ccc(Br)nc1)N(Cc1cccc(F)c1)C1CC1. The van der Waals surface area contributed by atoms with Crippen LogP contribution < -0.4 is 0 Å². The van der Waals surface area contributed by atoms with Crippen LogP contribution in [-0.4, -0.2) is 21.8 Å². The second kappa shape index (κ2) is 5.93. The Bertz CT molecular complexity index is 656. The molecular weight excluding hydrogens is 335 g/mol. The molecule has 1 heterocycles. The summed E-state index contributed by atoms with van der Waals surface area (Å²) in [6, 6.07) is 10.1. The third-order valence-electron chi connectivity index (χ3n) is 3.46. The largest absolute Gasteiger partial charge is 0.331 e. The molecule has 1 amide bonds. The van der Waals surface area contributed by atoms with E-state index in [2.05, 4.69) is 20.9 Å². The molecule has 1 aromatic heterocycles. The fourth-order valence-corrected chi connectivity index (χ4v) is 2.49. The molecule has 2 aromatic rings. The van der Waals surface area contributed by atoms with Crippen molar-refractivity contribution in [3.05, 3.63) is 64.1 Å². The van der Waals surface area contributed by atoms with E-state index in [4.69, 9.17) is 0 Å². The van der Waals surface area contributed by atoms with E-state index < -0.39 is 0 Å². The average molecular weight is 349 g/mol. The predicted octanol–water partition coefficient (Wildman–Crippen LogP) is 3.79. The first kappa shape index (κ1) is 14.2. The summed E-state index contributed by atoms with van der Waals surface area (Å²) in [5, 5.41) is 0. The molecule has 21 heavy (non-hydrogen) atoms. The number of halogens is 2. The summed E-state index contributed by atoms with van der Waals surface area (Å²) >= 11 is 3.26. The lowest BCUT2D eigenvalue weighted by Gasteiger charge is -2.22. The van der Waals surface area contributed by atoms with Gasteiger partial charge < -0.3 is 4.90 Å². The van der Waals surface area contributed by atoms with Crippen LogP contribution in [0, 0.1) is 5.82 Å². The minimum Gasteiger partial charge on any atom is -0.331 e. The summed E-state index contributed by atoms with van der Waals surface area (Å²) in [4.78, 5) is 18.5. The van der Waals surface area contributed by atoms with Crippen molar-refractivity contribution >= 4 is 21.8 Å². The van der Waals surface area contributed by atoms with Crippen LogP contribution in [0.5, 0.6) is 0 Å². The van der Waals surface area contributed by atoms with Gasteiger partial charge in [0.15, 0.2) is 0 Å². The number of carbonyl (C=O) groups is 1. The van der Waals surface area contributed by atoms with Crippen molar-refractivity contribution in [1.29, 1.82) is 0 Å². The van der Waals surface area contributed by atoms with Gasteiger partial charge in [-0.3, -0.25) is 4.79 Å². The van der Waals surface area contributed by atoms with Gasteiger partial charge in [0.1, 0.15) is 10.4 Å². The Labute approximate surface area is 130 Å². The summed E-state index contributed by atoms with van der Waals surface area (Å²) in [5.74, 6) is -0.331. The van der Waals surface area contributed by atoms with E-state index in [1.54, 1.807) is 29.3 Å². The van der Waals surface area contributed by atoms with Crippen LogP contribution in [0.3, 0.4) is 0 Å². The van der Waals surface area contributed by atoms with E-state index in [-0.39, 0.29) is 17.8 Å². The lowest BCUT2D eigenvalue weighted by Crippen LogP contribution is -2.32. The first-order chi connectivity index (χ1) is 10.1. The smallest absolute Gasteiger partial charge is 0.255 e. The maximum Gasteiger partial charge on any atom is 0.255 e. The van der Waals surface area contributed by atoms with Crippen molar-refractivity contribution in [2.24, 2.45) is 0 Å². The van der Waals surface area contributed by atoms with Gasteiger partial charge in [0.2, 0.25) is 0 Å². The lowest BCUT2D eigenvalue weighted by atomic mass is 10.1. The molecule has 0 bridgehead atoms. The van der Waals surface area contributed by atoms with Crippen LogP contribution in [0.15, 0.2) is 47.2 Å². The molecule has 0 saturated heterocycles. The molecular formula is C16H14BrFN2O. The Balaban J connectivity index is 1.81. The molecule has 1 aliphatic carbocycles. The molecule has 3 rings (SSSR count). The van der Waals surface area contributed by atoms with Crippen LogP contribution in [0.4, 0.5) is 4.39 Å². The number of carbonyl (C=O) groups excluding carboxylic acids is 1. The van der Waals surface area contributed by atoms with Gasteiger partial charge in [0.25, 0.3) is 5.91 Å². The van der Waals surface area contributed by atoms with Crippen LogP contribution >= 0.6 is 15.9 Å². The van der Waals surface area contributed by atoms with Crippen LogP contribution in [0.2, 0.25) is 0 Å². The Hall–Kier alpha value is -1.75. The molecule has 108 valence electrons. The summed E-state index contributed by atoms with van der Waals surface area (Å²) < 4.78 is 14.0. The fourth-order valence-electron chi connectivity index (χ4n) is 2.25. The molecule has 1 fully saturated rings. The van der Waals surface area contributed by atoms with Crippen LogP contribution in [0.25, 0.3) is 0 Å². The van der Waals surface area contributed by atoms with Crippen molar-refractivity contribution in [3.8, 4) is 0 Å². The molecule has 1 aliphatic rings. The topological polar surface area (TPSA) is 33.2 Å². The second-order valence-electron chi connectivity index (χ2n) is 5.16. The second-order valence-corrected chi connectivity index (χ2v) is 5.98. The molecule has 3 nitrogen and oxygen atoms in total. The zero-order chi connectivity index (χ0) is 14.8. The maximum absolute atomic E-state index is 13.3. The average Bonchev–Trinajstić information content (AvgIpc) is 3.29. The van der Waals surface area contributed by atoms with Crippen molar-refractivity contribution < 1.29 is 9.18 Å². The minimum atomic E-state index is -0.277. The van der Waals surface area contributed by atoms with Crippen molar-refractivity contribution in [2.75, 3.05) is 0 Å². The molecule has 0 N–H and O–H groups in total. The van der Waals surface area contributed by atoms with E-state index in [1.165, 1.54) is 12.1 Å². The van der Waals surface area contributed by atoms with Gasteiger partial charge in [0.05, 0.1) is 5.56 Å². The number of benzene rings is 1. The van der Waals surface area contributed by atoms with E-state index in [1.807, 2.05) is 6.07 Å². The first-order valence-corrected chi connectivity index (χ1v) is 7.60. The maximum atomic E-state index is 13.3. The van der Waals surface area contributed by atoms with E-state index in [0.29, 0.717) is 16.7 Å². The number of aromatic nitrogens is 1. The van der Waals surface area contributed by atoms with Gasteiger partial charge >= 0.3 is 0 Å². The quantitative estimate of drug-likeness (QED) is 0.787. The molecule has 0 unspecified atom stereocenters. The van der Waals surface area contributed by atoms with Crippen molar-refractivity contribution in [2.45, 2.75) is 25.4 Å². The number of rotatable bonds is 4. The van der Waals surface area contributed by atoms with Gasteiger partial charge in [-0.1, -0.05) is 12.1 Å². The number of hydrogen-bond acceptors (Lipinski definition) is 2. The Morgan fingerprint density at radius 1 is 1.33 bits per heavy atom. The lowest BCUT2D eigenvalue weighted by molar-refractivity contribution is 0.0729. The Morgan fingerprint density at radius 3 is 2.76 bits per heavy atom. The van der Waals surface area contributed by atoms with Crippen molar-refractivity contribution in [3.63, 3.8) is 0 Å². The number of pyridine rings is 1. The summed E-state index contributed by atoms with van der Waals surface area (Å²) in [5.41, 5.74) is 1.36. The van der Waals surface area contributed by atoms with E-state index >= 15 is 0 Å². The first-order valence-electron chi connectivity index (χ1n) is 6.80. The van der Waals surface area contributed by atoms with E-state index in [0.717, 1.165) is 18.4 Å². The molecule has 5 heteroatoms. The highest BCUT2D eigenvalue weighted by Crippen LogP contribution is 2.30. The van der Waals surface area contributed by atoms with Gasteiger partial charge in [0, 0.05) is 18.8 Å². The van der Waals surface area contributed by atoms with Crippen LogP contribution in [0.1, 0.15) is 28.8 Å². The number of amides is 1. The van der Waals surface area contributed by atoms with Gasteiger partial charge in [-0.05, 0) is 58.6 Å². The normalized spacial score (nSPS) is 14.0. The number of hydrogen-bond donors (Lipinski definition) is 0. The summed E-state index contributed by atoms with van der Waals surface area (Å²) in [7, 11) is 0. The molecule has 1 saturated carbocycles. The summed E-state index contributed by atoms with van der Waals surface area (Å²) in [6.07, 6.45) is 3.57. The third kappa shape index (κ3) is 3.47. The Morgan fingerprint density at radius 2 is 2.14 bits per heavy atom. The molecule has 0 aliphatic heterocycles. The molecule has 1 aromatic carbocycles. The van der Waals surface area contributed by atoms with Gasteiger partial charge in [-0.2, -0.15) is 0 Å². The fraction of sp³-hybridized carbons (Fsp3) is 0.250. The molecule has 0 radical (unpaired) electrons.